The van der Waals surface area contributed by atoms with Crippen molar-refractivity contribution in [3.8, 4) is 11.1 Å². The van der Waals surface area contributed by atoms with Crippen molar-refractivity contribution in [3.63, 3.8) is 0 Å². The molecule has 2 rings (SSSR count). The Labute approximate surface area is 123 Å². The average Bonchev–Trinajstić information content (AvgIpc) is 2.39. The van der Waals surface area contributed by atoms with Crippen molar-refractivity contribution in [1.29, 1.82) is 0 Å². The van der Waals surface area contributed by atoms with E-state index in [4.69, 9.17) is 0 Å². The number of aryl methyl sites for hydroxylation is 3. The fraction of sp³-hybridized carbons (Fsp3) is 0.368. The van der Waals surface area contributed by atoms with E-state index in [9.17, 15) is 0 Å². The first-order valence-corrected chi connectivity index (χ1v) is 7.49. The zero-order valence-corrected chi connectivity index (χ0v) is 13.1. The Bertz CT molecular complexity index is 544. The highest BCUT2D eigenvalue weighted by Crippen LogP contribution is 2.28. The molecule has 1 N–H and O–H groups in total. The molecule has 0 heterocycles. The van der Waals surface area contributed by atoms with E-state index in [0.29, 0.717) is 0 Å². The zero-order valence-electron chi connectivity index (χ0n) is 13.1. The van der Waals surface area contributed by atoms with E-state index in [0.717, 1.165) is 13.1 Å². The van der Waals surface area contributed by atoms with Gasteiger partial charge in [-0.2, -0.15) is 0 Å². The molecule has 0 fully saturated rings. The maximum absolute atomic E-state index is 3.44. The van der Waals surface area contributed by atoms with Gasteiger partial charge in [-0.15, -0.1) is 0 Å². The third-order valence-corrected chi connectivity index (χ3v) is 3.68. The third kappa shape index (κ3) is 3.49. The molecule has 0 bridgehead atoms. The van der Waals surface area contributed by atoms with Crippen molar-refractivity contribution in [2.75, 3.05) is 6.54 Å². The van der Waals surface area contributed by atoms with Crippen LogP contribution in [0.4, 0.5) is 0 Å². The normalized spacial score (nSPS) is 10.8. The fourth-order valence-electron chi connectivity index (χ4n) is 2.83. The van der Waals surface area contributed by atoms with Crippen LogP contribution in [0.25, 0.3) is 11.1 Å². The average molecular weight is 267 g/mol. The highest BCUT2D eigenvalue weighted by atomic mass is 14.8. The predicted molar refractivity (Wildman–Crippen MR) is 88.1 cm³/mol. The second kappa shape index (κ2) is 6.71. The van der Waals surface area contributed by atoms with Gasteiger partial charge >= 0.3 is 0 Å². The number of benzene rings is 2. The van der Waals surface area contributed by atoms with Crippen LogP contribution in [0.3, 0.4) is 0 Å². The SMILES string of the molecule is CCCNCc1ccc(-c2c(C)cc(C)cc2C)cc1. The summed E-state index contributed by atoms with van der Waals surface area (Å²) >= 11 is 0. The summed E-state index contributed by atoms with van der Waals surface area (Å²) in [6.07, 6.45) is 1.18. The van der Waals surface area contributed by atoms with Crippen LogP contribution in [0.2, 0.25) is 0 Å². The standard InChI is InChI=1S/C19H25N/c1-5-10-20-13-17-6-8-18(9-7-17)19-15(3)11-14(2)12-16(19)4/h6-9,11-12,20H,5,10,13H2,1-4H3. The molecule has 2 aromatic rings. The Morgan fingerprint density at radius 2 is 1.50 bits per heavy atom. The number of hydrogen-bond donors (Lipinski definition) is 1. The maximum Gasteiger partial charge on any atom is 0.0205 e. The largest absolute Gasteiger partial charge is 0.313 e. The molecule has 20 heavy (non-hydrogen) atoms. The van der Waals surface area contributed by atoms with E-state index in [1.807, 2.05) is 0 Å². The maximum atomic E-state index is 3.44. The van der Waals surface area contributed by atoms with Crippen LogP contribution < -0.4 is 5.32 Å². The first-order valence-electron chi connectivity index (χ1n) is 7.49. The van der Waals surface area contributed by atoms with Gasteiger partial charge < -0.3 is 5.32 Å². The summed E-state index contributed by atoms with van der Waals surface area (Å²) in [5.41, 5.74) is 8.11. The van der Waals surface area contributed by atoms with Gasteiger partial charge in [0.25, 0.3) is 0 Å². The smallest absolute Gasteiger partial charge is 0.0205 e. The topological polar surface area (TPSA) is 12.0 Å². The zero-order chi connectivity index (χ0) is 14.5. The molecule has 1 nitrogen and oxygen atoms in total. The molecule has 0 spiro atoms. The molecule has 0 saturated carbocycles. The van der Waals surface area contributed by atoms with Gasteiger partial charge in [0.15, 0.2) is 0 Å². The van der Waals surface area contributed by atoms with E-state index in [1.54, 1.807) is 0 Å². The lowest BCUT2D eigenvalue weighted by Gasteiger charge is -2.12. The van der Waals surface area contributed by atoms with Crippen LogP contribution in [0.15, 0.2) is 36.4 Å². The molecule has 0 radical (unpaired) electrons. The summed E-state index contributed by atoms with van der Waals surface area (Å²) in [4.78, 5) is 0. The van der Waals surface area contributed by atoms with Crippen LogP contribution in [-0.4, -0.2) is 6.54 Å². The van der Waals surface area contributed by atoms with Crippen LogP contribution in [0.5, 0.6) is 0 Å². The number of rotatable bonds is 5. The molecule has 0 aliphatic carbocycles. The Hall–Kier alpha value is -1.60. The summed E-state index contributed by atoms with van der Waals surface area (Å²) in [7, 11) is 0. The molecule has 0 unspecified atom stereocenters. The van der Waals surface area contributed by atoms with Gasteiger partial charge in [-0.05, 0) is 61.6 Å². The lowest BCUT2D eigenvalue weighted by atomic mass is 9.93. The van der Waals surface area contributed by atoms with E-state index in [-0.39, 0.29) is 0 Å². The van der Waals surface area contributed by atoms with E-state index < -0.39 is 0 Å². The Balaban J connectivity index is 2.22. The van der Waals surface area contributed by atoms with Crippen LogP contribution in [0, 0.1) is 20.8 Å². The second-order valence-corrected chi connectivity index (χ2v) is 5.65. The molecule has 0 aliphatic heterocycles. The predicted octanol–water partition coefficient (Wildman–Crippen LogP) is 4.78. The Morgan fingerprint density at radius 1 is 0.900 bits per heavy atom. The van der Waals surface area contributed by atoms with Gasteiger partial charge in [0.2, 0.25) is 0 Å². The molecule has 1 heteroatoms. The van der Waals surface area contributed by atoms with Gasteiger partial charge in [0, 0.05) is 6.54 Å². The first-order chi connectivity index (χ1) is 9.61. The quantitative estimate of drug-likeness (QED) is 0.769. The van der Waals surface area contributed by atoms with Crippen molar-refractivity contribution in [1.82, 2.24) is 5.32 Å². The highest BCUT2D eigenvalue weighted by Gasteiger charge is 2.06. The van der Waals surface area contributed by atoms with Gasteiger partial charge in [0.05, 0.1) is 0 Å². The molecular formula is C19H25N. The molecule has 0 saturated heterocycles. The molecule has 0 aromatic heterocycles. The lowest BCUT2D eigenvalue weighted by molar-refractivity contribution is 0.675. The minimum Gasteiger partial charge on any atom is -0.313 e. The second-order valence-electron chi connectivity index (χ2n) is 5.65. The van der Waals surface area contributed by atoms with Crippen molar-refractivity contribution >= 4 is 0 Å². The summed E-state index contributed by atoms with van der Waals surface area (Å²) in [6.45, 7) is 10.8. The minimum atomic E-state index is 0.958. The van der Waals surface area contributed by atoms with Crippen molar-refractivity contribution in [3.05, 3.63) is 58.7 Å². The third-order valence-electron chi connectivity index (χ3n) is 3.68. The molecule has 2 aromatic carbocycles. The fourth-order valence-corrected chi connectivity index (χ4v) is 2.83. The number of nitrogens with one attached hydrogen (secondary N) is 1. The van der Waals surface area contributed by atoms with Gasteiger partial charge in [-0.1, -0.05) is 48.9 Å². The first kappa shape index (κ1) is 14.8. The monoisotopic (exact) mass is 267 g/mol. The van der Waals surface area contributed by atoms with Gasteiger partial charge in [-0.3, -0.25) is 0 Å². The van der Waals surface area contributed by atoms with Gasteiger partial charge in [0.1, 0.15) is 0 Å². The van der Waals surface area contributed by atoms with Crippen molar-refractivity contribution in [2.45, 2.75) is 40.7 Å². The minimum absolute atomic E-state index is 0.958. The molecule has 0 aliphatic rings. The Morgan fingerprint density at radius 3 is 2.05 bits per heavy atom. The van der Waals surface area contributed by atoms with Crippen molar-refractivity contribution < 1.29 is 0 Å². The van der Waals surface area contributed by atoms with Crippen molar-refractivity contribution in [2.24, 2.45) is 0 Å². The highest BCUT2D eigenvalue weighted by molar-refractivity contribution is 5.71. The summed E-state index contributed by atoms with van der Waals surface area (Å²) in [5.74, 6) is 0. The number of hydrogen-bond acceptors (Lipinski definition) is 1. The molecular weight excluding hydrogens is 242 g/mol. The van der Waals surface area contributed by atoms with Crippen LogP contribution in [-0.2, 0) is 6.54 Å². The van der Waals surface area contributed by atoms with Gasteiger partial charge in [-0.25, -0.2) is 0 Å². The van der Waals surface area contributed by atoms with E-state index in [2.05, 4.69) is 69.4 Å². The molecule has 0 atom stereocenters. The molecule has 106 valence electrons. The molecule has 0 amide bonds. The summed E-state index contributed by atoms with van der Waals surface area (Å²) < 4.78 is 0. The Kier molecular flexibility index (Phi) is 4.97. The summed E-state index contributed by atoms with van der Waals surface area (Å²) in [5, 5.41) is 3.44. The van der Waals surface area contributed by atoms with E-state index in [1.165, 1.54) is 39.8 Å². The van der Waals surface area contributed by atoms with Crippen LogP contribution in [0.1, 0.15) is 35.6 Å². The summed E-state index contributed by atoms with van der Waals surface area (Å²) in [6, 6.07) is 13.5. The van der Waals surface area contributed by atoms with Crippen LogP contribution >= 0.6 is 0 Å². The van der Waals surface area contributed by atoms with E-state index >= 15 is 0 Å². The lowest BCUT2D eigenvalue weighted by Crippen LogP contribution is -2.13.